The van der Waals surface area contributed by atoms with E-state index in [4.69, 9.17) is 5.73 Å². The van der Waals surface area contributed by atoms with E-state index in [0.29, 0.717) is 5.41 Å². The zero-order valence-corrected chi connectivity index (χ0v) is 10.3. The first-order chi connectivity index (χ1) is 7.13. The molecule has 2 nitrogen and oxygen atoms in total. The predicted octanol–water partition coefficient (Wildman–Crippen LogP) is 2.24. The van der Waals surface area contributed by atoms with Crippen molar-refractivity contribution in [2.75, 3.05) is 19.6 Å². The number of nitrogens with zero attached hydrogens (tertiary/aromatic N) is 1. The summed E-state index contributed by atoms with van der Waals surface area (Å²) < 4.78 is 0. The molecule has 2 atom stereocenters. The Kier molecular flexibility index (Phi) is 3.36. The summed E-state index contributed by atoms with van der Waals surface area (Å²) in [6.45, 7) is 8.32. The number of hydrogen-bond acceptors (Lipinski definition) is 2. The van der Waals surface area contributed by atoms with Crippen LogP contribution in [0.2, 0.25) is 0 Å². The molecule has 0 aromatic carbocycles. The second kappa shape index (κ2) is 4.42. The third-order valence-corrected chi connectivity index (χ3v) is 4.54. The van der Waals surface area contributed by atoms with Crippen LogP contribution in [0.1, 0.15) is 46.0 Å². The molecule has 15 heavy (non-hydrogen) atoms. The van der Waals surface area contributed by atoms with Crippen molar-refractivity contribution in [1.29, 1.82) is 0 Å². The summed E-state index contributed by atoms with van der Waals surface area (Å²) in [5.74, 6) is 0.766. The van der Waals surface area contributed by atoms with Gasteiger partial charge >= 0.3 is 0 Å². The Morgan fingerprint density at radius 3 is 2.67 bits per heavy atom. The second-order valence-electron chi connectivity index (χ2n) is 6.14. The van der Waals surface area contributed by atoms with Gasteiger partial charge in [-0.05, 0) is 43.7 Å². The standard InChI is InChI=1S/C13H26N2/c1-13(2)7-4-3-5-12(13)15-8-6-11(9-14)10-15/h11-12H,3-10,14H2,1-2H3. The van der Waals surface area contributed by atoms with Crippen LogP contribution >= 0.6 is 0 Å². The molecule has 1 aliphatic carbocycles. The fourth-order valence-corrected chi connectivity index (χ4v) is 3.49. The first-order valence-electron chi connectivity index (χ1n) is 6.57. The number of hydrogen-bond donors (Lipinski definition) is 1. The maximum atomic E-state index is 5.77. The highest BCUT2D eigenvalue weighted by atomic mass is 15.2. The van der Waals surface area contributed by atoms with E-state index in [1.807, 2.05) is 0 Å². The van der Waals surface area contributed by atoms with E-state index in [9.17, 15) is 0 Å². The lowest BCUT2D eigenvalue weighted by molar-refractivity contribution is 0.0640. The Balaban J connectivity index is 1.97. The van der Waals surface area contributed by atoms with E-state index in [-0.39, 0.29) is 0 Å². The Bertz CT molecular complexity index is 213. The fraction of sp³-hybridized carbons (Fsp3) is 1.00. The van der Waals surface area contributed by atoms with Gasteiger partial charge in [-0.1, -0.05) is 26.7 Å². The molecule has 1 saturated heterocycles. The highest BCUT2D eigenvalue weighted by Gasteiger charge is 2.38. The van der Waals surface area contributed by atoms with Crippen molar-refractivity contribution in [2.45, 2.75) is 52.0 Å². The van der Waals surface area contributed by atoms with Crippen LogP contribution < -0.4 is 5.73 Å². The SMILES string of the molecule is CC1(C)CCCCC1N1CCC(CN)C1. The molecule has 2 heteroatoms. The van der Waals surface area contributed by atoms with Gasteiger partial charge < -0.3 is 5.73 Å². The lowest BCUT2D eigenvalue weighted by Gasteiger charge is -2.44. The summed E-state index contributed by atoms with van der Waals surface area (Å²) in [5, 5.41) is 0. The molecule has 0 aromatic heterocycles. The van der Waals surface area contributed by atoms with Gasteiger partial charge in [0.2, 0.25) is 0 Å². The summed E-state index contributed by atoms with van der Waals surface area (Å²) >= 11 is 0. The zero-order chi connectivity index (χ0) is 10.9. The van der Waals surface area contributed by atoms with Crippen molar-refractivity contribution >= 4 is 0 Å². The first kappa shape index (κ1) is 11.4. The fourth-order valence-electron chi connectivity index (χ4n) is 3.49. The topological polar surface area (TPSA) is 29.3 Å². The van der Waals surface area contributed by atoms with Crippen LogP contribution in [0, 0.1) is 11.3 Å². The van der Waals surface area contributed by atoms with Gasteiger partial charge in [-0.15, -0.1) is 0 Å². The minimum atomic E-state index is 0.530. The van der Waals surface area contributed by atoms with Gasteiger partial charge in [0.05, 0.1) is 0 Å². The molecule has 0 amide bonds. The van der Waals surface area contributed by atoms with Crippen molar-refractivity contribution in [1.82, 2.24) is 4.90 Å². The third-order valence-electron chi connectivity index (χ3n) is 4.54. The second-order valence-corrected chi connectivity index (χ2v) is 6.14. The highest BCUT2D eigenvalue weighted by Crippen LogP contribution is 2.40. The Labute approximate surface area is 94.2 Å². The molecule has 0 radical (unpaired) electrons. The normalized spacial score (nSPS) is 37.0. The number of nitrogens with two attached hydrogens (primary N) is 1. The van der Waals surface area contributed by atoms with Crippen LogP contribution in [0.3, 0.4) is 0 Å². The van der Waals surface area contributed by atoms with Crippen LogP contribution in [-0.4, -0.2) is 30.6 Å². The quantitative estimate of drug-likeness (QED) is 0.757. The van der Waals surface area contributed by atoms with Crippen LogP contribution in [0.4, 0.5) is 0 Å². The van der Waals surface area contributed by atoms with Crippen LogP contribution in [0.5, 0.6) is 0 Å². The summed E-state index contributed by atoms with van der Waals surface area (Å²) in [6, 6.07) is 0.822. The van der Waals surface area contributed by atoms with Gasteiger partial charge in [0.1, 0.15) is 0 Å². The Morgan fingerprint density at radius 2 is 2.07 bits per heavy atom. The van der Waals surface area contributed by atoms with E-state index < -0.39 is 0 Å². The van der Waals surface area contributed by atoms with Gasteiger partial charge in [-0.2, -0.15) is 0 Å². The van der Waals surface area contributed by atoms with E-state index in [2.05, 4.69) is 18.7 Å². The van der Waals surface area contributed by atoms with Crippen molar-refractivity contribution in [2.24, 2.45) is 17.1 Å². The minimum absolute atomic E-state index is 0.530. The maximum absolute atomic E-state index is 5.77. The maximum Gasteiger partial charge on any atom is 0.0146 e. The molecule has 1 saturated carbocycles. The number of rotatable bonds is 2. The Hall–Kier alpha value is -0.0800. The smallest absolute Gasteiger partial charge is 0.0146 e. The minimum Gasteiger partial charge on any atom is -0.330 e. The van der Waals surface area contributed by atoms with Gasteiger partial charge in [-0.3, -0.25) is 4.90 Å². The zero-order valence-electron chi connectivity index (χ0n) is 10.3. The molecule has 2 N–H and O–H groups in total. The molecule has 2 unspecified atom stereocenters. The summed E-state index contributed by atoms with van der Waals surface area (Å²) in [4.78, 5) is 2.72. The molecule has 88 valence electrons. The lowest BCUT2D eigenvalue weighted by atomic mass is 9.72. The monoisotopic (exact) mass is 210 g/mol. The molecule has 2 aliphatic rings. The molecule has 0 spiro atoms. The molecular formula is C13H26N2. The summed E-state index contributed by atoms with van der Waals surface area (Å²) in [6.07, 6.45) is 6.99. The molecule has 1 heterocycles. The van der Waals surface area contributed by atoms with Crippen molar-refractivity contribution in [3.63, 3.8) is 0 Å². The van der Waals surface area contributed by atoms with Gasteiger partial charge in [0.15, 0.2) is 0 Å². The third kappa shape index (κ3) is 2.36. The number of likely N-dealkylation sites (tertiary alicyclic amines) is 1. The van der Waals surface area contributed by atoms with E-state index in [1.54, 1.807) is 0 Å². The Morgan fingerprint density at radius 1 is 1.27 bits per heavy atom. The summed E-state index contributed by atoms with van der Waals surface area (Å²) in [7, 11) is 0. The van der Waals surface area contributed by atoms with Crippen LogP contribution in [0.25, 0.3) is 0 Å². The van der Waals surface area contributed by atoms with Gasteiger partial charge in [0, 0.05) is 12.6 Å². The molecule has 0 bridgehead atoms. The van der Waals surface area contributed by atoms with Crippen molar-refractivity contribution < 1.29 is 0 Å². The largest absolute Gasteiger partial charge is 0.330 e. The average molecular weight is 210 g/mol. The van der Waals surface area contributed by atoms with Crippen molar-refractivity contribution in [3.05, 3.63) is 0 Å². The van der Waals surface area contributed by atoms with Gasteiger partial charge in [0.25, 0.3) is 0 Å². The van der Waals surface area contributed by atoms with Crippen LogP contribution in [-0.2, 0) is 0 Å². The van der Waals surface area contributed by atoms with Crippen LogP contribution in [0.15, 0.2) is 0 Å². The predicted molar refractivity (Wildman–Crippen MR) is 64.8 cm³/mol. The average Bonchev–Trinajstić information content (AvgIpc) is 2.65. The molecule has 0 aromatic rings. The van der Waals surface area contributed by atoms with E-state index >= 15 is 0 Å². The van der Waals surface area contributed by atoms with E-state index in [1.165, 1.54) is 45.2 Å². The van der Waals surface area contributed by atoms with E-state index in [0.717, 1.165) is 18.5 Å². The molecule has 1 aliphatic heterocycles. The first-order valence-corrected chi connectivity index (χ1v) is 6.57. The van der Waals surface area contributed by atoms with Gasteiger partial charge in [-0.25, -0.2) is 0 Å². The summed E-state index contributed by atoms with van der Waals surface area (Å²) in [5.41, 5.74) is 6.30. The molecular weight excluding hydrogens is 184 g/mol. The molecule has 2 rings (SSSR count). The lowest BCUT2D eigenvalue weighted by Crippen LogP contribution is -2.46. The highest BCUT2D eigenvalue weighted by molar-refractivity contribution is 4.92. The molecule has 2 fully saturated rings. The van der Waals surface area contributed by atoms with Crippen molar-refractivity contribution in [3.8, 4) is 0 Å².